The molecule has 0 bridgehead atoms. The molecule has 8 heteroatoms. The van der Waals surface area contributed by atoms with E-state index >= 15 is 0 Å². The molecule has 0 atom stereocenters. The predicted molar refractivity (Wildman–Crippen MR) is 152 cm³/mol. The Morgan fingerprint density at radius 2 is 0.585 bits per heavy atom. The van der Waals surface area contributed by atoms with Gasteiger partial charge in [-0.1, -0.05) is 146 Å². The van der Waals surface area contributed by atoms with Crippen molar-refractivity contribution in [2.75, 3.05) is 0 Å². The summed E-state index contributed by atoms with van der Waals surface area (Å²) in [7, 11) is 0. The second-order valence-corrected chi connectivity index (χ2v) is 15.3. The molecule has 210 valence electrons. The molecule has 41 heavy (non-hydrogen) atoms. The molecule has 0 amide bonds. The van der Waals surface area contributed by atoms with Gasteiger partial charge in [-0.25, -0.2) is 4.58 Å². The fourth-order valence-corrected chi connectivity index (χ4v) is 5.95. The van der Waals surface area contributed by atoms with E-state index in [1.54, 1.807) is 0 Å². The molecule has 0 radical (unpaired) electrons. The van der Waals surface area contributed by atoms with E-state index < -0.39 is 30.6 Å². The Morgan fingerprint density at radius 3 is 0.805 bits per heavy atom. The monoisotopic (exact) mass is 671 g/mol. The molecule has 0 aliphatic carbocycles. The normalized spacial score (nSPS) is 16.9. The van der Waals surface area contributed by atoms with Gasteiger partial charge in [-0.15, -0.1) is 0 Å². The van der Waals surface area contributed by atoms with Gasteiger partial charge >= 0.3 is 36.4 Å². The van der Waals surface area contributed by atoms with Gasteiger partial charge in [0.25, 0.3) is 0 Å². The van der Waals surface area contributed by atoms with Crippen molar-refractivity contribution in [2.45, 2.75) is 11.1 Å². The van der Waals surface area contributed by atoms with Crippen LogP contribution in [0.5, 0.6) is 0 Å². The summed E-state index contributed by atoms with van der Waals surface area (Å²) in [5.74, 6) is 0. The number of nitrogens with zero attached hydrogens (tertiary/aromatic N) is 1. The third-order valence-corrected chi connectivity index (χ3v) is 7.28. The van der Waals surface area contributed by atoms with E-state index in [2.05, 4.69) is 150 Å². The summed E-state index contributed by atoms with van der Waals surface area (Å²) in [6.45, 7) is 4.90. The summed E-state index contributed by atoms with van der Waals surface area (Å²) in [4.78, 5) is 0. The van der Waals surface area contributed by atoms with Gasteiger partial charge in [0.1, 0.15) is 6.72 Å². The fraction of sp³-hybridized carbons (Fsp3) is 0.0606. The summed E-state index contributed by atoms with van der Waals surface area (Å²) in [5.41, 5.74) is 6.21. The molecule has 0 saturated carbocycles. The molecule has 0 unspecified atom stereocenters. The quantitative estimate of drug-likeness (QED) is 0.102. The van der Waals surface area contributed by atoms with Crippen molar-refractivity contribution in [3.8, 4) is 0 Å². The van der Waals surface area contributed by atoms with Gasteiger partial charge in [0.2, 0.25) is 11.1 Å². The molecule has 1 aliphatic rings. The van der Waals surface area contributed by atoms with Gasteiger partial charge in [-0.2, -0.15) is 0 Å². The first-order valence-corrected chi connectivity index (χ1v) is 18.5. The summed E-state index contributed by atoms with van der Waals surface area (Å²) in [6.07, 6.45) is 0. The first-order chi connectivity index (χ1) is 19.3. The molecule has 1 heterocycles. The standard InChI is InChI=1S/C33H26N.6FH.Sb/c1-34-32(26-16-6-2-7-17-26,27-18-8-3-9-19-27)30-24-14-15-25-31(30)33(34,28-20-10-4-11-21-28)29-22-12-5-13-23-29;;;;;;;/h2-25H,1H2;6*1H;/q+1;;;;;;;+5/p-6. The number of halogens is 6. The van der Waals surface area contributed by atoms with Crippen LogP contribution in [0.3, 0.4) is 0 Å². The SMILES string of the molecule is C=[N+]1C(c2ccccc2)(c2ccccc2)c2ccccc2C1(c1ccccc1)c1ccccc1.[F][Sb-]([F])([F])([F])([F])[F]. The Bertz CT molecular complexity index is 1470. The number of rotatable bonds is 4. The summed E-state index contributed by atoms with van der Waals surface area (Å²) >= 11 is -11.2. The van der Waals surface area contributed by atoms with Gasteiger partial charge in [-0.05, 0) is 0 Å². The molecule has 1 nitrogen and oxygen atoms in total. The van der Waals surface area contributed by atoms with Crippen molar-refractivity contribution in [1.82, 2.24) is 0 Å². The predicted octanol–water partition coefficient (Wildman–Crippen LogP) is 9.14. The van der Waals surface area contributed by atoms with Crippen molar-refractivity contribution < 1.29 is 21.5 Å². The summed E-state index contributed by atoms with van der Waals surface area (Å²) in [6, 6.07) is 52.0. The average molecular weight is 672 g/mol. The van der Waals surface area contributed by atoms with E-state index in [9.17, 15) is 16.9 Å². The second-order valence-electron chi connectivity index (χ2n) is 9.82. The Labute approximate surface area is 236 Å². The minimum absolute atomic E-state index is 0.565. The van der Waals surface area contributed by atoms with E-state index in [-0.39, 0.29) is 0 Å². The van der Waals surface area contributed by atoms with Crippen LogP contribution in [-0.4, -0.2) is 30.8 Å². The van der Waals surface area contributed by atoms with Gasteiger partial charge in [-0.3, -0.25) is 0 Å². The van der Waals surface area contributed by atoms with Crippen LogP contribution in [0.2, 0.25) is 0 Å². The molecule has 0 N–H and O–H groups in total. The first kappa shape index (κ1) is 28.7. The minimum atomic E-state index is -11.2. The topological polar surface area (TPSA) is 3.01 Å². The van der Waals surface area contributed by atoms with Gasteiger partial charge in [0.15, 0.2) is 0 Å². The van der Waals surface area contributed by atoms with Crippen LogP contribution in [0, 0.1) is 0 Å². The molecule has 0 saturated heterocycles. The average Bonchev–Trinajstić information content (AvgIpc) is 3.19. The molecule has 5 aromatic rings. The number of benzene rings is 5. The molecule has 1 aliphatic heterocycles. The second kappa shape index (κ2) is 9.63. The van der Waals surface area contributed by atoms with E-state index in [1.165, 1.54) is 33.4 Å². The van der Waals surface area contributed by atoms with Crippen molar-refractivity contribution in [1.29, 1.82) is 0 Å². The molecular weight excluding hydrogens is 646 g/mol. The van der Waals surface area contributed by atoms with E-state index in [0.717, 1.165) is 0 Å². The maximum absolute atomic E-state index is 11.2. The Kier molecular flexibility index (Phi) is 6.74. The first-order valence-electron chi connectivity index (χ1n) is 12.7. The van der Waals surface area contributed by atoms with E-state index in [0.29, 0.717) is 0 Å². The molecule has 5 aromatic carbocycles. The van der Waals surface area contributed by atoms with Crippen LogP contribution in [0.25, 0.3) is 0 Å². The third-order valence-electron chi connectivity index (χ3n) is 7.28. The van der Waals surface area contributed by atoms with Crippen LogP contribution in [0.4, 0.5) is 16.9 Å². The zero-order valence-electron chi connectivity index (χ0n) is 21.7. The van der Waals surface area contributed by atoms with Crippen molar-refractivity contribution in [3.05, 3.63) is 179 Å². The van der Waals surface area contributed by atoms with Gasteiger partial charge < -0.3 is 0 Å². The van der Waals surface area contributed by atoms with E-state index in [1.807, 2.05) is 0 Å². The Hall–Kier alpha value is -3.83. The maximum atomic E-state index is 9.93. The van der Waals surface area contributed by atoms with Gasteiger partial charge in [0.05, 0.1) is 0 Å². The van der Waals surface area contributed by atoms with Crippen molar-refractivity contribution in [3.63, 3.8) is 0 Å². The molecular formula is C33H26F6NSb. The molecule has 6 rings (SSSR count). The van der Waals surface area contributed by atoms with Gasteiger partial charge in [0, 0.05) is 33.4 Å². The molecule has 0 fully saturated rings. The van der Waals surface area contributed by atoms with E-state index in [4.69, 9.17) is 6.72 Å². The van der Waals surface area contributed by atoms with Crippen LogP contribution in [-0.2, 0) is 11.1 Å². The third kappa shape index (κ3) is 5.56. The van der Waals surface area contributed by atoms with Crippen LogP contribution >= 0.6 is 0 Å². The van der Waals surface area contributed by atoms with Crippen LogP contribution in [0.15, 0.2) is 146 Å². The number of hydrogen-bond donors (Lipinski definition) is 0. The van der Waals surface area contributed by atoms with Crippen LogP contribution in [0.1, 0.15) is 33.4 Å². The fourth-order valence-electron chi connectivity index (χ4n) is 5.95. The van der Waals surface area contributed by atoms with Crippen LogP contribution < -0.4 is 0 Å². The Morgan fingerprint density at radius 1 is 0.390 bits per heavy atom. The Balaban J connectivity index is 0.000000431. The summed E-state index contributed by atoms with van der Waals surface area (Å²) < 4.78 is 61.9. The zero-order chi connectivity index (χ0) is 29.4. The molecule has 0 spiro atoms. The van der Waals surface area contributed by atoms with Crippen molar-refractivity contribution in [2.24, 2.45) is 0 Å². The number of hydrogen-bond acceptors (Lipinski definition) is 0. The molecule has 0 aromatic heterocycles. The number of fused-ring (bicyclic) bond motifs is 1. The zero-order valence-corrected chi connectivity index (χ0v) is 24.3. The summed E-state index contributed by atoms with van der Waals surface area (Å²) in [5, 5.41) is 0. The van der Waals surface area contributed by atoms with Crippen molar-refractivity contribution >= 4 is 26.2 Å².